The Hall–Kier alpha value is -1.22. The maximum atomic E-state index is 5.87. The molecule has 1 aliphatic carbocycles. The van der Waals surface area contributed by atoms with Crippen LogP contribution in [-0.2, 0) is 0 Å². The van der Waals surface area contributed by atoms with Crippen LogP contribution in [-0.4, -0.2) is 18.8 Å². The van der Waals surface area contributed by atoms with Gasteiger partial charge in [0.2, 0.25) is 0 Å². The quantitative estimate of drug-likeness (QED) is 0.848. The average Bonchev–Trinajstić information content (AvgIpc) is 2.65. The maximum absolute atomic E-state index is 5.87. The predicted molar refractivity (Wildman–Crippen MR) is 63.9 cm³/mol. The summed E-state index contributed by atoms with van der Waals surface area (Å²) in [5, 5.41) is 0. The highest BCUT2D eigenvalue weighted by atomic mass is 16.5. The molecule has 0 amide bonds. The van der Waals surface area contributed by atoms with Crippen molar-refractivity contribution in [3.63, 3.8) is 0 Å². The number of ether oxygens (including phenoxy) is 2. The van der Waals surface area contributed by atoms with Crippen LogP contribution in [0.5, 0.6) is 11.5 Å². The Kier molecular flexibility index (Phi) is 3.67. The van der Waals surface area contributed by atoms with Crippen molar-refractivity contribution in [3.05, 3.63) is 24.3 Å². The zero-order chi connectivity index (χ0) is 11.4. The van der Waals surface area contributed by atoms with Gasteiger partial charge in [0.25, 0.3) is 0 Å². The van der Waals surface area contributed by atoms with Crippen molar-refractivity contribution in [2.45, 2.75) is 38.3 Å². The molecule has 2 rings (SSSR count). The first kappa shape index (κ1) is 11.3. The third-order valence-corrected chi connectivity index (χ3v) is 2.84. The molecule has 0 spiro atoms. The molecule has 3 heteroatoms. The highest BCUT2D eigenvalue weighted by Gasteiger charge is 2.23. The van der Waals surface area contributed by atoms with Gasteiger partial charge in [0.1, 0.15) is 17.6 Å². The van der Waals surface area contributed by atoms with Crippen LogP contribution < -0.4 is 15.2 Å². The van der Waals surface area contributed by atoms with Crippen LogP contribution in [0.4, 0.5) is 0 Å². The molecular formula is C13H19NO2. The molecule has 16 heavy (non-hydrogen) atoms. The van der Waals surface area contributed by atoms with E-state index < -0.39 is 0 Å². The summed E-state index contributed by atoms with van der Waals surface area (Å²) >= 11 is 0. The molecule has 2 unspecified atom stereocenters. The molecule has 1 aromatic rings. The van der Waals surface area contributed by atoms with Gasteiger partial charge in [-0.2, -0.15) is 0 Å². The molecule has 2 atom stereocenters. The van der Waals surface area contributed by atoms with Gasteiger partial charge in [-0.1, -0.05) is 6.07 Å². The smallest absolute Gasteiger partial charge is 0.123 e. The third-order valence-electron chi connectivity index (χ3n) is 2.84. The molecule has 3 nitrogen and oxygen atoms in total. The minimum Gasteiger partial charge on any atom is -0.494 e. The van der Waals surface area contributed by atoms with E-state index in [0.29, 0.717) is 12.6 Å². The van der Waals surface area contributed by atoms with Gasteiger partial charge in [0.15, 0.2) is 0 Å². The number of nitrogens with two attached hydrogens (primary N) is 1. The lowest BCUT2D eigenvalue weighted by Crippen LogP contribution is -2.19. The van der Waals surface area contributed by atoms with E-state index in [4.69, 9.17) is 15.2 Å². The van der Waals surface area contributed by atoms with E-state index in [1.807, 2.05) is 31.2 Å². The van der Waals surface area contributed by atoms with Crippen LogP contribution in [0.1, 0.15) is 26.2 Å². The molecule has 0 radical (unpaired) electrons. The minimum absolute atomic E-state index is 0.270. The fourth-order valence-corrected chi connectivity index (χ4v) is 2.08. The van der Waals surface area contributed by atoms with Crippen LogP contribution in [0.15, 0.2) is 24.3 Å². The van der Waals surface area contributed by atoms with Crippen molar-refractivity contribution in [1.29, 1.82) is 0 Å². The number of rotatable bonds is 4. The molecule has 0 aliphatic heterocycles. The summed E-state index contributed by atoms with van der Waals surface area (Å²) in [5.41, 5.74) is 5.85. The molecule has 2 N–H and O–H groups in total. The Morgan fingerprint density at radius 1 is 1.31 bits per heavy atom. The predicted octanol–water partition coefficient (Wildman–Crippen LogP) is 2.34. The number of benzene rings is 1. The Bertz CT molecular complexity index is 340. The Labute approximate surface area is 96.5 Å². The summed E-state index contributed by atoms with van der Waals surface area (Å²) < 4.78 is 11.3. The highest BCUT2D eigenvalue weighted by molar-refractivity contribution is 5.33. The molecular weight excluding hydrogens is 202 g/mol. The van der Waals surface area contributed by atoms with Gasteiger partial charge < -0.3 is 15.2 Å². The largest absolute Gasteiger partial charge is 0.494 e. The zero-order valence-electron chi connectivity index (χ0n) is 9.69. The summed E-state index contributed by atoms with van der Waals surface area (Å²) in [6.45, 7) is 2.65. The molecule has 1 aromatic carbocycles. The van der Waals surface area contributed by atoms with E-state index >= 15 is 0 Å². The lowest BCUT2D eigenvalue weighted by atomic mass is 10.2. The standard InChI is InChI=1S/C13H19NO2/c1-2-15-11-4-3-5-12(9-11)16-13-7-6-10(14)8-13/h3-5,9-10,13H,2,6-8,14H2,1H3. The molecule has 0 heterocycles. The van der Waals surface area contributed by atoms with Gasteiger partial charge in [-0.15, -0.1) is 0 Å². The topological polar surface area (TPSA) is 44.5 Å². The second-order valence-electron chi connectivity index (χ2n) is 4.22. The van der Waals surface area contributed by atoms with E-state index in [1.54, 1.807) is 0 Å². The molecule has 0 saturated heterocycles. The lowest BCUT2D eigenvalue weighted by molar-refractivity contribution is 0.207. The zero-order valence-corrected chi connectivity index (χ0v) is 9.69. The van der Waals surface area contributed by atoms with Crippen molar-refractivity contribution < 1.29 is 9.47 Å². The monoisotopic (exact) mass is 221 g/mol. The lowest BCUT2D eigenvalue weighted by Gasteiger charge is -2.14. The van der Waals surface area contributed by atoms with E-state index in [-0.39, 0.29) is 6.10 Å². The van der Waals surface area contributed by atoms with Crippen LogP contribution in [0.2, 0.25) is 0 Å². The summed E-state index contributed by atoms with van der Waals surface area (Å²) in [6.07, 6.45) is 3.35. The molecule has 88 valence electrons. The number of hydrogen-bond acceptors (Lipinski definition) is 3. The Morgan fingerprint density at radius 2 is 2.12 bits per heavy atom. The summed E-state index contributed by atoms with van der Waals surface area (Å²) in [5.74, 6) is 1.74. The summed E-state index contributed by atoms with van der Waals surface area (Å²) in [6, 6.07) is 8.10. The van der Waals surface area contributed by atoms with E-state index in [9.17, 15) is 0 Å². The van der Waals surface area contributed by atoms with Gasteiger partial charge in [0.05, 0.1) is 6.61 Å². The fraction of sp³-hybridized carbons (Fsp3) is 0.538. The van der Waals surface area contributed by atoms with Crippen molar-refractivity contribution >= 4 is 0 Å². The molecule has 1 saturated carbocycles. The fourth-order valence-electron chi connectivity index (χ4n) is 2.08. The van der Waals surface area contributed by atoms with Crippen LogP contribution >= 0.6 is 0 Å². The summed E-state index contributed by atoms with van der Waals surface area (Å²) in [4.78, 5) is 0. The molecule has 1 fully saturated rings. The SMILES string of the molecule is CCOc1cccc(OC2CCC(N)C2)c1. The maximum Gasteiger partial charge on any atom is 0.123 e. The second kappa shape index (κ2) is 5.21. The van der Waals surface area contributed by atoms with E-state index in [0.717, 1.165) is 30.8 Å². The third kappa shape index (κ3) is 2.89. The molecule has 0 aromatic heterocycles. The van der Waals surface area contributed by atoms with Crippen molar-refractivity contribution in [3.8, 4) is 11.5 Å². The van der Waals surface area contributed by atoms with Gasteiger partial charge in [-0.05, 0) is 38.3 Å². The van der Waals surface area contributed by atoms with Gasteiger partial charge >= 0.3 is 0 Å². The van der Waals surface area contributed by atoms with Crippen molar-refractivity contribution in [2.75, 3.05) is 6.61 Å². The van der Waals surface area contributed by atoms with Crippen LogP contribution in [0.25, 0.3) is 0 Å². The first-order valence-electron chi connectivity index (χ1n) is 5.93. The normalized spacial score (nSPS) is 24.4. The van der Waals surface area contributed by atoms with E-state index in [1.165, 1.54) is 0 Å². The van der Waals surface area contributed by atoms with Crippen molar-refractivity contribution in [2.24, 2.45) is 5.73 Å². The van der Waals surface area contributed by atoms with Crippen molar-refractivity contribution in [1.82, 2.24) is 0 Å². The first-order valence-corrected chi connectivity index (χ1v) is 5.93. The van der Waals surface area contributed by atoms with Gasteiger partial charge in [-0.3, -0.25) is 0 Å². The van der Waals surface area contributed by atoms with Crippen LogP contribution in [0.3, 0.4) is 0 Å². The number of hydrogen-bond donors (Lipinski definition) is 1. The minimum atomic E-state index is 0.270. The highest BCUT2D eigenvalue weighted by Crippen LogP contribution is 2.26. The average molecular weight is 221 g/mol. The van der Waals surface area contributed by atoms with E-state index in [2.05, 4.69) is 0 Å². The first-order chi connectivity index (χ1) is 7.78. The Balaban J connectivity index is 1.95. The van der Waals surface area contributed by atoms with Gasteiger partial charge in [0, 0.05) is 12.1 Å². The molecule has 1 aliphatic rings. The van der Waals surface area contributed by atoms with Gasteiger partial charge in [-0.25, -0.2) is 0 Å². The van der Waals surface area contributed by atoms with Crippen LogP contribution in [0, 0.1) is 0 Å². The molecule has 0 bridgehead atoms. The second-order valence-corrected chi connectivity index (χ2v) is 4.22. The Morgan fingerprint density at radius 3 is 2.81 bits per heavy atom. The summed E-state index contributed by atoms with van der Waals surface area (Å²) in [7, 11) is 0.